The number of hydrogen-bond donors (Lipinski definition) is 2. The number of rotatable bonds is 3. The molecule has 6 heteroatoms. The maximum absolute atomic E-state index is 12.4. The highest BCUT2D eigenvalue weighted by atomic mass is 35.5. The van der Waals surface area contributed by atoms with Gasteiger partial charge in [0.05, 0.1) is 0 Å². The van der Waals surface area contributed by atoms with Gasteiger partial charge in [0.25, 0.3) is 5.91 Å². The van der Waals surface area contributed by atoms with Crippen molar-refractivity contribution in [2.45, 2.75) is 25.3 Å². The van der Waals surface area contributed by atoms with E-state index in [2.05, 4.69) is 0 Å². The largest absolute Gasteiger partial charge is 0.366 e. The van der Waals surface area contributed by atoms with Gasteiger partial charge in [-0.25, -0.2) is 0 Å². The normalized spacial score (nSPS) is 18.2. The predicted octanol–water partition coefficient (Wildman–Crippen LogP) is 1.16. The molecule has 1 heterocycles. The maximum Gasteiger partial charge on any atom is 0.254 e. The fourth-order valence-electron chi connectivity index (χ4n) is 2.46. The van der Waals surface area contributed by atoms with Crippen LogP contribution >= 0.6 is 12.4 Å². The first-order valence-electron chi connectivity index (χ1n) is 6.54. The molecule has 110 valence electrons. The van der Waals surface area contributed by atoms with Crippen LogP contribution in [0.25, 0.3) is 0 Å². The van der Waals surface area contributed by atoms with Crippen LogP contribution in [0, 0.1) is 0 Å². The van der Waals surface area contributed by atoms with E-state index in [4.69, 9.17) is 11.5 Å². The Labute approximate surface area is 124 Å². The van der Waals surface area contributed by atoms with Gasteiger partial charge in [-0.05, 0) is 43.5 Å². The molecule has 0 aromatic heterocycles. The quantitative estimate of drug-likeness (QED) is 0.877. The molecule has 5 nitrogen and oxygen atoms in total. The highest BCUT2D eigenvalue weighted by Gasteiger charge is 2.26. The number of nitrogens with zero attached hydrogens (tertiary/aromatic N) is 1. The van der Waals surface area contributed by atoms with Gasteiger partial charge >= 0.3 is 0 Å². The van der Waals surface area contributed by atoms with Crippen molar-refractivity contribution < 1.29 is 9.59 Å². The molecule has 1 atom stereocenters. The molecule has 0 radical (unpaired) electrons. The molecular formula is C14H20ClN3O2. The molecule has 1 fully saturated rings. The second kappa shape index (κ2) is 7.26. The molecule has 20 heavy (non-hydrogen) atoms. The van der Waals surface area contributed by atoms with Crippen molar-refractivity contribution in [3.63, 3.8) is 0 Å². The second-order valence-electron chi connectivity index (χ2n) is 4.83. The predicted molar refractivity (Wildman–Crippen MR) is 79.9 cm³/mol. The molecule has 0 bridgehead atoms. The van der Waals surface area contributed by atoms with Crippen LogP contribution in [0.2, 0.25) is 0 Å². The summed E-state index contributed by atoms with van der Waals surface area (Å²) in [5.74, 6) is -0.511. The third-order valence-corrected chi connectivity index (χ3v) is 3.58. The molecule has 1 saturated heterocycles. The first-order valence-corrected chi connectivity index (χ1v) is 6.54. The third kappa shape index (κ3) is 3.49. The van der Waals surface area contributed by atoms with Gasteiger partial charge < -0.3 is 16.4 Å². The highest BCUT2D eigenvalue weighted by Crippen LogP contribution is 2.19. The number of carbonyl (C=O) groups excluding carboxylic acids is 2. The Kier molecular flexibility index (Phi) is 5.98. The number of halogens is 1. The number of amides is 2. The fraction of sp³-hybridized carbons (Fsp3) is 0.429. The Hall–Kier alpha value is -1.59. The summed E-state index contributed by atoms with van der Waals surface area (Å²) < 4.78 is 0. The Bertz CT molecular complexity index is 476. The Morgan fingerprint density at radius 1 is 1.15 bits per heavy atom. The van der Waals surface area contributed by atoms with Crippen LogP contribution in [0.1, 0.15) is 40.0 Å². The molecule has 1 aromatic carbocycles. The van der Waals surface area contributed by atoms with Crippen LogP contribution in [0.4, 0.5) is 0 Å². The Balaban J connectivity index is 0.00000200. The zero-order valence-corrected chi connectivity index (χ0v) is 12.1. The third-order valence-electron chi connectivity index (χ3n) is 3.58. The lowest BCUT2D eigenvalue weighted by atomic mass is 10.0. The molecule has 2 rings (SSSR count). The summed E-state index contributed by atoms with van der Waals surface area (Å²) in [7, 11) is 0. The van der Waals surface area contributed by atoms with Gasteiger partial charge in [0.1, 0.15) is 0 Å². The molecule has 1 unspecified atom stereocenters. The minimum absolute atomic E-state index is 0. The number of piperidine rings is 1. The molecule has 0 saturated carbocycles. The van der Waals surface area contributed by atoms with Crippen LogP contribution in [-0.2, 0) is 0 Å². The van der Waals surface area contributed by atoms with Crippen molar-refractivity contribution in [3.05, 3.63) is 35.4 Å². The van der Waals surface area contributed by atoms with Crippen molar-refractivity contribution in [1.29, 1.82) is 0 Å². The van der Waals surface area contributed by atoms with E-state index in [0.717, 1.165) is 25.8 Å². The lowest BCUT2D eigenvalue weighted by molar-refractivity contribution is 0.0623. The number of carbonyl (C=O) groups is 2. The molecule has 0 aliphatic carbocycles. The van der Waals surface area contributed by atoms with E-state index in [1.54, 1.807) is 24.3 Å². The number of primary amides is 1. The van der Waals surface area contributed by atoms with Gasteiger partial charge in [0, 0.05) is 30.3 Å². The summed E-state index contributed by atoms with van der Waals surface area (Å²) in [6.45, 7) is 1.24. The van der Waals surface area contributed by atoms with E-state index in [1.165, 1.54) is 0 Å². The van der Waals surface area contributed by atoms with Crippen LogP contribution in [0.5, 0.6) is 0 Å². The molecule has 2 amide bonds. The topological polar surface area (TPSA) is 89.4 Å². The van der Waals surface area contributed by atoms with E-state index in [-0.39, 0.29) is 24.4 Å². The first-order chi connectivity index (χ1) is 9.13. The Morgan fingerprint density at radius 2 is 1.75 bits per heavy atom. The first kappa shape index (κ1) is 16.5. The zero-order chi connectivity index (χ0) is 13.8. The highest BCUT2D eigenvalue weighted by molar-refractivity contribution is 5.97. The van der Waals surface area contributed by atoms with Crippen molar-refractivity contribution in [2.24, 2.45) is 11.5 Å². The molecule has 1 aliphatic rings. The minimum Gasteiger partial charge on any atom is -0.366 e. The van der Waals surface area contributed by atoms with E-state index in [0.29, 0.717) is 17.7 Å². The van der Waals surface area contributed by atoms with Crippen LogP contribution in [0.15, 0.2) is 24.3 Å². The summed E-state index contributed by atoms with van der Waals surface area (Å²) in [4.78, 5) is 25.2. The molecule has 1 aliphatic heterocycles. The average Bonchev–Trinajstić information content (AvgIpc) is 2.46. The lowest BCUT2D eigenvalue weighted by Crippen LogP contribution is -2.47. The van der Waals surface area contributed by atoms with Crippen molar-refractivity contribution in [2.75, 3.05) is 13.1 Å². The van der Waals surface area contributed by atoms with E-state index < -0.39 is 5.91 Å². The SMILES string of the molecule is Cl.NCC1CCCCN1C(=O)c1ccc(C(N)=O)cc1. The fourth-order valence-corrected chi connectivity index (χ4v) is 2.46. The van der Waals surface area contributed by atoms with E-state index in [9.17, 15) is 9.59 Å². The second-order valence-corrected chi connectivity index (χ2v) is 4.83. The molecule has 4 N–H and O–H groups in total. The van der Waals surface area contributed by atoms with Crippen LogP contribution in [-0.4, -0.2) is 35.8 Å². The van der Waals surface area contributed by atoms with Gasteiger partial charge in [-0.15, -0.1) is 12.4 Å². The van der Waals surface area contributed by atoms with Crippen LogP contribution in [0.3, 0.4) is 0 Å². The van der Waals surface area contributed by atoms with E-state index in [1.807, 2.05) is 4.90 Å². The van der Waals surface area contributed by atoms with Gasteiger partial charge in [0.2, 0.25) is 5.91 Å². The van der Waals surface area contributed by atoms with Gasteiger partial charge in [0.15, 0.2) is 0 Å². The summed E-state index contributed by atoms with van der Waals surface area (Å²) in [6.07, 6.45) is 3.09. The lowest BCUT2D eigenvalue weighted by Gasteiger charge is -2.35. The maximum atomic E-state index is 12.4. The minimum atomic E-state index is -0.489. The summed E-state index contributed by atoms with van der Waals surface area (Å²) in [5, 5.41) is 0. The zero-order valence-electron chi connectivity index (χ0n) is 11.2. The number of likely N-dealkylation sites (tertiary alicyclic amines) is 1. The Morgan fingerprint density at radius 3 is 2.30 bits per heavy atom. The van der Waals surface area contributed by atoms with Gasteiger partial charge in [-0.1, -0.05) is 0 Å². The smallest absolute Gasteiger partial charge is 0.254 e. The summed E-state index contributed by atoms with van der Waals surface area (Å²) in [6, 6.07) is 6.57. The summed E-state index contributed by atoms with van der Waals surface area (Å²) >= 11 is 0. The molecule has 0 spiro atoms. The monoisotopic (exact) mass is 297 g/mol. The summed E-state index contributed by atoms with van der Waals surface area (Å²) in [5.41, 5.74) is 11.9. The van der Waals surface area contributed by atoms with E-state index >= 15 is 0 Å². The average molecular weight is 298 g/mol. The van der Waals surface area contributed by atoms with Gasteiger partial charge in [-0.2, -0.15) is 0 Å². The molecule has 1 aromatic rings. The van der Waals surface area contributed by atoms with Crippen molar-refractivity contribution in [1.82, 2.24) is 4.90 Å². The van der Waals surface area contributed by atoms with Crippen molar-refractivity contribution in [3.8, 4) is 0 Å². The van der Waals surface area contributed by atoms with Crippen LogP contribution < -0.4 is 11.5 Å². The van der Waals surface area contributed by atoms with Gasteiger partial charge in [-0.3, -0.25) is 9.59 Å². The van der Waals surface area contributed by atoms with Crippen molar-refractivity contribution >= 4 is 24.2 Å². The number of nitrogens with two attached hydrogens (primary N) is 2. The number of benzene rings is 1. The standard InChI is InChI=1S/C14H19N3O2.ClH/c15-9-12-3-1-2-8-17(12)14(19)11-6-4-10(5-7-11)13(16)18;/h4-7,12H,1-3,8-9,15H2,(H2,16,18);1H. The molecular weight excluding hydrogens is 278 g/mol. The number of hydrogen-bond acceptors (Lipinski definition) is 3.